The molecule has 11 heterocycles. The van der Waals surface area contributed by atoms with Crippen molar-refractivity contribution in [2.75, 3.05) is 14.2 Å². The lowest BCUT2D eigenvalue weighted by atomic mass is 9.85. The molecule has 15 rings (SSSR count). The van der Waals surface area contributed by atoms with Crippen LogP contribution < -0.4 is 0 Å². The van der Waals surface area contributed by atoms with Crippen molar-refractivity contribution in [2.24, 2.45) is 7.05 Å². The number of hydrogen-bond acceptors (Lipinski definition) is 13. The number of hydrogen-bond donors (Lipinski definition) is 4. The summed E-state index contributed by atoms with van der Waals surface area (Å²) in [6.07, 6.45) is 12.5. The van der Waals surface area contributed by atoms with Crippen LogP contribution in [0.5, 0.6) is 0 Å². The molecule has 0 saturated carbocycles. The molecule has 4 aromatic carbocycles. The molecule has 4 N–H and O–H groups in total. The lowest BCUT2D eigenvalue weighted by Crippen LogP contribution is -2.10. The first-order valence-corrected chi connectivity index (χ1v) is 31.7. The fraction of sp³-hybridized carbons (Fsp3) is 0.250. The maximum Gasteiger partial charge on any atom is 0.305 e. The van der Waals surface area contributed by atoms with Gasteiger partial charge < -0.3 is 34.0 Å². The monoisotopic (exact) mass is 1240 g/mol. The van der Waals surface area contributed by atoms with Gasteiger partial charge in [-0.3, -0.25) is 9.59 Å². The normalized spacial score (nSPS) is 12.9. The quantitative estimate of drug-likeness (QED) is 0.104. The maximum absolute atomic E-state index is 13.0. The number of esters is 2. The van der Waals surface area contributed by atoms with Crippen LogP contribution >= 0.6 is 0 Å². The van der Waals surface area contributed by atoms with Crippen molar-refractivity contribution in [3.8, 4) is 68.1 Å². The van der Waals surface area contributed by atoms with E-state index in [1.54, 1.807) is 6.20 Å². The molecular weight excluding hydrogens is 1170 g/mol. The molecule has 0 aliphatic carbocycles. The Morgan fingerprint density at radius 3 is 1.32 bits per heavy atom. The first kappa shape index (κ1) is 59.3. The van der Waals surface area contributed by atoms with Gasteiger partial charge in [0, 0.05) is 109 Å². The lowest BCUT2D eigenvalue weighted by molar-refractivity contribution is -0.141. The van der Waals surface area contributed by atoms with E-state index >= 15 is 0 Å². The summed E-state index contributed by atoms with van der Waals surface area (Å²) >= 11 is 0. The second kappa shape index (κ2) is 22.1. The van der Waals surface area contributed by atoms with E-state index in [1.807, 2.05) is 66.4 Å². The van der Waals surface area contributed by atoms with Crippen molar-refractivity contribution in [1.29, 1.82) is 0 Å². The van der Waals surface area contributed by atoms with E-state index in [-0.39, 0.29) is 41.0 Å². The number of aryl methyl sites for hydroxylation is 3. The SMILES string of the molecule is COC(=O)CCc1c2nc(c(-c3nccn3C)c3ccc([nH]3)c(CCC(=O)OC)c3nc(c(-c4ccc5c(c4)-c4nc-5nc5[nH]c(nc6nc(nc7[nH]c(n4)c4ccc(C(C)(C)C)cc74)-c4ccc(C(C)(C)C)cc4-6)c4ccc(C(C)(C)C)cc54)c4ccc1[nH]4)C=C3)C=C2. The van der Waals surface area contributed by atoms with Gasteiger partial charge in [-0.05, 0) is 130 Å². The molecule has 468 valence electrons. The zero-order valence-corrected chi connectivity index (χ0v) is 54.6. The summed E-state index contributed by atoms with van der Waals surface area (Å²) in [7, 11) is 4.75. The zero-order chi connectivity index (χ0) is 65.3. The van der Waals surface area contributed by atoms with Crippen molar-refractivity contribution in [3.63, 3.8) is 0 Å². The minimum atomic E-state index is -0.344. The molecule has 0 fully saturated rings. The molecule has 16 bridgehead atoms. The van der Waals surface area contributed by atoms with Crippen molar-refractivity contribution >= 4 is 102 Å². The molecule has 7 aromatic heterocycles. The van der Waals surface area contributed by atoms with Gasteiger partial charge in [0.05, 0.1) is 48.1 Å². The summed E-state index contributed by atoms with van der Waals surface area (Å²) in [5.41, 5.74) is 18.2. The molecule has 0 radical (unpaired) electrons. The van der Waals surface area contributed by atoms with Crippen molar-refractivity contribution in [1.82, 2.24) is 69.4 Å². The molecule has 94 heavy (non-hydrogen) atoms. The molecule has 0 spiro atoms. The van der Waals surface area contributed by atoms with E-state index in [2.05, 4.69) is 155 Å². The first-order valence-electron chi connectivity index (χ1n) is 31.7. The minimum absolute atomic E-state index is 0.114. The van der Waals surface area contributed by atoms with Gasteiger partial charge in [0.15, 0.2) is 23.3 Å². The fourth-order valence-corrected chi connectivity index (χ4v) is 13.0. The highest BCUT2D eigenvalue weighted by atomic mass is 16.5. The summed E-state index contributed by atoms with van der Waals surface area (Å²) in [6.45, 7) is 19.9. The number of nitrogens with zero attached hydrogens (tertiary/aromatic N) is 10. The van der Waals surface area contributed by atoms with Gasteiger partial charge >= 0.3 is 11.9 Å². The van der Waals surface area contributed by atoms with Gasteiger partial charge in [0.25, 0.3) is 0 Å². The third-order valence-electron chi connectivity index (χ3n) is 18.3. The number of nitrogens with one attached hydrogen (secondary N) is 4. The molecule has 0 amide bonds. The largest absolute Gasteiger partial charge is 0.469 e. The Hall–Kier alpha value is -11.0. The van der Waals surface area contributed by atoms with E-state index in [0.29, 0.717) is 87.3 Å². The third-order valence-corrected chi connectivity index (χ3v) is 18.3. The van der Waals surface area contributed by atoms with Crippen LogP contribution in [-0.4, -0.2) is 95.5 Å². The predicted molar refractivity (Wildman–Crippen MR) is 373 cm³/mol. The Labute approximate surface area is 541 Å². The molecule has 4 aliphatic rings. The number of carbonyl (C=O) groups excluding carboxylic acids is 2. The van der Waals surface area contributed by atoms with Crippen LogP contribution in [0.2, 0.25) is 0 Å². The number of H-pyrrole nitrogens is 4. The summed E-state index contributed by atoms with van der Waals surface area (Å²) in [5, 5.41) is 3.51. The van der Waals surface area contributed by atoms with Gasteiger partial charge in [-0.1, -0.05) is 105 Å². The average Bonchev–Trinajstić information content (AvgIpc) is 1.60. The van der Waals surface area contributed by atoms with E-state index < -0.39 is 0 Å². The summed E-state index contributed by atoms with van der Waals surface area (Å²) in [5.74, 6) is 1.97. The molecule has 4 aliphatic heterocycles. The molecule has 11 aromatic rings. The number of carbonyl (C=O) groups is 2. The van der Waals surface area contributed by atoms with Gasteiger partial charge in [-0.2, -0.15) is 0 Å². The zero-order valence-electron chi connectivity index (χ0n) is 54.6. The van der Waals surface area contributed by atoms with Crippen molar-refractivity contribution in [2.45, 2.75) is 104 Å². The molecule has 0 unspecified atom stereocenters. The second-order valence-corrected chi connectivity index (χ2v) is 27.6. The number of methoxy groups -OCH3 is 2. The minimum Gasteiger partial charge on any atom is -0.469 e. The molecule has 0 atom stereocenters. The highest BCUT2D eigenvalue weighted by Gasteiger charge is 2.28. The van der Waals surface area contributed by atoms with Crippen LogP contribution in [0.25, 0.3) is 159 Å². The number of fused-ring (bicyclic) bond motifs is 28. The Kier molecular flexibility index (Phi) is 13.9. The van der Waals surface area contributed by atoms with Crippen LogP contribution in [-0.2, 0) is 55.2 Å². The smallest absolute Gasteiger partial charge is 0.305 e. The number of aromatic amines is 4. The fourth-order valence-electron chi connectivity index (χ4n) is 13.0. The number of rotatable bonds is 8. The number of aromatic nitrogens is 14. The average molecular weight is 1240 g/mol. The molecule has 18 nitrogen and oxygen atoms in total. The third kappa shape index (κ3) is 10.4. The molecule has 0 saturated heterocycles. The van der Waals surface area contributed by atoms with E-state index in [0.717, 1.165) is 110 Å². The van der Waals surface area contributed by atoms with E-state index in [4.69, 9.17) is 54.3 Å². The number of benzene rings is 4. The Balaban J connectivity index is 1.03. The van der Waals surface area contributed by atoms with Crippen LogP contribution in [0, 0.1) is 0 Å². The van der Waals surface area contributed by atoms with E-state index in [9.17, 15) is 9.59 Å². The van der Waals surface area contributed by atoms with Crippen molar-refractivity contribution < 1.29 is 19.1 Å². The Morgan fingerprint density at radius 2 is 0.840 bits per heavy atom. The van der Waals surface area contributed by atoms with Crippen LogP contribution in [0.3, 0.4) is 0 Å². The topological polar surface area (TPSA) is 237 Å². The van der Waals surface area contributed by atoms with Gasteiger partial charge in [0.1, 0.15) is 28.4 Å². The Morgan fingerprint density at radius 1 is 0.426 bits per heavy atom. The maximum atomic E-state index is 13.0. The number of ether oxygens (including phenoxy) is 2. The van der Waals surface area contributed by atoms with Crippen molar-refractivity contribution in [3.05, 3.63) is 160 Å². The highest BCUT2D eigenvalue weighted by Crippen LogP contribution is 2.43. The second-order valence-electron chi connectivity index (χ2n) is 27.6. The van der Waals surface area contributed by atoms with Gasteiger partial charge in [0.2, 0.25) is 0 Å². The van der Waals surface area contributed by atoms with Crippen LogP contribution in [0.4, 0.5) is 0 Å². The first-order chi connectivity index (χ1) is 45.0. The van der Waals surface area contributed by atoms with Gasteiger partial charge in [-0.25, -0.2) is 44.9 Å². The highest BCUT2D eigenvalue weighted by molar-refractivity contribution is 6.07. The van der Waals surface area contributed by atoms with Crippen LogP contribution in [0.1, 0.15) is 126 Å². The predicted octanol–water partition coefficient (Wildman–Crippen LogP) is 16.0. The number of imidazole rings is 1. The van der Waals surface area contributed by atoms with Gasteiger partial charge in [-0.15, -0.1) is 0 Å². The molecule has 18 heteroatoms. The lowest BCUT2D eigenvalue weighted by Gasteiger charge is -2.19. The summed E-state index contributed by atoms with van der Waals surface area (Å²) in [4.78, 5) is 89.1. The Bertz CT molecular complexity index is 5460. The van der Waals surface area contributed by atoms with Crippen LogP contribution in [0.15, 0.2) is 109 Å². The van der Waals surface area contributed by atoms with E-state index in [1.165, 1.54) is 14.2 Å². The summed E-state index contributed by atoms with van der Waals surface area (Å²) in [6, 6.07) is 33.8. The standard InChI is InChI=1S/C76H70N14O4/c1-74(2,3)40-14-18-44-50(36-40)71-85-66(44)83-69-49-35-39(13-17-43(49)65(82-69)84-70-51-37-41(75(4,5)6)15-19-45(51)67(86-70)88-72-52-38-42(76(7,8)9)16-20-46(52)68(87-71)89-72)63-57-27-23-53(78-57)47(21-31-61(91)93-11)55-25-29-59(80-55)64(73-77-33-34-90(73)10)60-30-26-56(81-60)48(22-32-62(92)94-12)54-24-28-58(63)79-54/h13-20,23-30,33-38,78,81H,21-22,31-32H2,1-12H3,(H2,82,83,84,85,86,87,88,89). The molecular formula is C76H70N14O4. The summed E-state index contributed by atoms with van der Waals surface area (Å²) < 4.78 is 12.4.